The minimum atomic E-state index is -0.398. The third-order valence-electron chi connectivity index (χ3n) is 4.95. The molecule has 0 aliphatic carbocycles. The number of anilines is 2. The van der Waals surface area contributed by atoms with E-state index in [1.54, 1.807) is 29.2 Å². The minimum absolute atomic E-state index is 0.121. The van der Waals surface area contributed by atoms with Crippen molar-refractivity contribution in [3.05, 3.63) is 83.0 Å². The zero-order chi connectivity index (χ0) is 21.1. The summed E-state index contributed by atoms with van der Waals surface area (Å²) >= 11 is 6.46. The van der Waals surface area contributed by atoms with Crippen molar-refractivity contribution < 1.29 is 18.4 Å². The first-order valence-corrected chi connectivity index (χ1v) is 9.83. The van der Waals surface area contributed by atoms with E-state index in [1.807, 2.05) is 6.07 Å². The second-order valence-electron chi connectivity index (χ2n) is 6.88. The molecule has 2 heterocycles. The molecule has 1 aliphatic rings. The van der Waals surface area contributed by atoms with Crippen LogP contribution in [-0.2, 0) is 0 Å². The van der Waals surface area contributed by atoms with Gasteiger partial charge in [0.2, 0.25) is 0 Å². The molecule has 1 aliphatic heterocycles. The molecule has 8 heteroatoms. The monoisotopic (exact) mass is 427 g/mol. The van der Waals surface area contributed by atoms with Crippen LogP contribution in [0.3, 0.4) is 0 Å². The Labute approximate surface area is 177 Å². The lowest BCUT2D eigenvalue weighted by Crippen LogP contribution is -2.48. The standard InChI is InChI=1S/C22H19ClFN3O3/c23-18-14-17(25-21(28)15-3-5-16(24)6-4-15)7-8-19(18)26-9-11-27(12-10-26)22(29)20-2-1-13-30-20/h1-8,13-14H,9-12H2,(H,25,28). The van der Waals surface area contributed by atoms with E-state index in [4.69, 9.17) is 16.0 Å². The first-order valence-electron chi connectivity index (χ1n) is 9.45. The normalized spacial score (nSPS) is 13.9. The van der Waals surface area contributed by atoms with E-state index in [1.165, 1.54) is 30.5 Å². The maximum absolute atomic E-state index is 13.0. The molecule has 6 nitrogen and oxygen atoms in total. The quantitative estimate of drug-likeness (QED) is 0.674. The second-order valence-corrected chi connectivity index (χ2v) is 7.29. The van der Waals surface area contributed by atoms with Crippen LogP contribution in [-0.4, -0.2) is 42.9 Å². The number of amides is 2. The Morgan fingerprint density at radius 2 is 1.73 bits per heavy atom. The molecule has 0 atom stereocenters. The summed E-state index contributed by atoms with van der Waals surface area (Å²) in [5.41, 5.74) is 1.74. The van der Waals surface area contributed by atoms with Crippen LogP contribution < -0.4 is 10.2 Å². The number of nitrogens with zero attached hydrogens (tertiary/aromatic N) is 2. The molecular weight excluding hydrogens is 409 g/mol. The van der Waals surface area contributed by atoms with Crippen LogP contribution in [0.2, 0.25) is 5.02 Å². The van der Waals surface area contributed by atoms with Crippen LogP contribution in [0.4, 0.5) is 15.8 Å². The average Bonchev–Trinajstić information content (AvgIpc) is 3.29. The molecule has 0 spiro atoms. The van der Waals surface area contributed by atoms with Crippen molar-refractivity contribution >= 4 is 34.8 Å². The van der Waals surface area contributed by atoms with E-state index in [0.717, 1.165) is 5.69 Å². The molecule has 154 valence electrons. The van der Waals surface area contributed by atoms with E-state index in [-0.39, 0.29) is 11.8 Å². The number of piperazine rings is 1. The predicted octanol–water partition coefficient (Wildman–Crippen LogP) is 4.29. The van der Waals surface area contributed by atoms with Gasteiger partial charge in [-0.25, -0.2) is 4.39 Å². The van der Waals surface area contributed by atoms with Gasteiger partial charge in [-0.1, -0.05) is 11.6 Å². The molecule has 1 fully saturated rings. The summed E-state index contributed by atoms with van der Waals surface area (Å²) < 4.78 is 18.2. The number of benzene rings is 2. The van der Waals surface area contributed by atoms with Crippen LogP contribution >= 0.6 is 11.6 Å². The third kappa shape index (κ3) is 4.31. The Balaban J connectivity index is 1.38. The highest BCUT2D eigenvalue weighted by Gasteiger charge is 2.24. The molecular formula is C22H19ClFN3O3. The Kier molecular flexibility index (Phi) is 5.72. The van der Waals surface area contributed by atoms with Crippen LogP contribution in [0, 0.1) is 5.82 Å². The van der Waals surface area contributed by atoms with E-state index >= 15 is 0 Å². The lowest BCUT2D eigenvalue weighted by molar-refractivity contribution is 0.0714. The minimum Gasteiger partial charge on any atom is -0.459 e. The van der Waals surface area contributed by atoms with Crippen molar-refractivity contribution in [2.75, 3.05) is 36.4 Å². The van der Waals surface area contributed by atoms with Gasteiger partial charge in [0.15, 0.2) is 5.76 Å². The van der Waals surface area contributed by atoms with Crippen LogP contribution in [0.5, 0.6) is 0 Å². The van der Waals surface area contributed by atoms with Crippen molar-refractivity contribution in [3.8, 4) is 0 Å². The van der Waals surface area contributed by atoms with Crippen LogP contribution in [0.1, 0.15) is 20.9 Å². The van der Waals surface area contributed by atoms with Crippen molar-refractivity contribution in [2.45, 2.75) is 0 Å². The smallest absolute Gasteiger partial charge is 0.289 e. The summed E-state index contributed by atoms with van der Waals surface area (Å²) in [5, 5.41) is 3.26. The first-order chi connectivity index (χ1) is 14.5. The molecule has 30 heavy (non-hydrogen) atoms. The van der Waals surface area contributed by atoms with Gasteiger partial charge in [0, 0.05) is 37.4 Å². The SMILES string of the molecule is O=C(Nc1ccc(N2CCN(C(=O)c3ccco3)CC2)c(Cl)c1)c1ccc(F)cc1. The number of furan rings is 1. The van der Waals surface area contributed by atoms with Gasteiger partial charge >= 0.3 is 0 Å². The van der Waals surface area contributed by atoms with Crippen molar-refractivity contribution in [1.29, 1.82) is 0 Å². The van der Waals surface area contributed by atoms with Gasteiger partial charge in [-0.3, -0.25) is 9.59 Å². The van der Waals surface area contributed by atoms with E-state index in [2.05, 4.69) is 10.2 Å². The van der Waals surface area contributed by atoms with Gasteiger partial charge in [-0.2, -0.15) is 0 Å². The zero-order valence-electron chi connectivity index (χ0n) is 16.0. The number of carbonyl (C=O) groups excluding carboxylic acids is 2. The number of nitrogens with one attached hydrogen (secondary N) is 1. The topological polar surface area (TPSA) is 65.8 Å². The molecule has 4 rings (SSSR count). The van der Waals surface area contributed by atoms with Gasteiger partial charge in [-0.05, 0) is 54.6 Å². The Morgan fingerprint density at radius 1 is 1.00 bits per heavy atom. The zero-order valence-corrected chi connectivity index (χ0v) is 16.7. The summed E-state index contributed by atoms with van der Waals surface area (Å²) in [6, 6.07) is 14.0. The van der Waals surface area contributed by atoms with Crippen LogP contribution in [0.25, 0.3) is 0 Å². The Bertz CT molecular complexity index is 1050. The van der Waals surface area contributed by atoms with E-state index in [9.17, 15) is 14.0 Å². The van der Waals surface area contributed by atoms with Crippen molar-refractivity contribution in [3.63, 3.8) is 0 Å². The second kappa shape index (κ2) is 8.59. The number of rotatable bonds is 4. The predicted molar refractivity (Wildman–Crippen MR) is 113 cm³/mol. The largest absolute Gasteiger partial charge is 0.459 e. The number of hydrogen-bond donors (Lipinski definition) is 1. The Hall–Kier alpha value is -3.32. The third-order valence-corrected chi connectivity index (χ3v) is 5.25. The van der Waals surface area contributed by atoms with Crippen LogP contribution in [0.15, 0.2) is 65.3 Å². The van der Waals surface area contributed by atoms with Crippen molar-refractivity contribution in [2.24, 2.45) is 0 Å². The number of carbonyl (C=O) groups is 2. The first kappa shape index (κ1) is 20.0. The lowest BCUT2D eigenvalue weighted by atomic mass is 10.2. The molecule has 3 aromatic rings. The number of hydrogen-bond acceptors (Lipinski definition) is 4. The highest BCUT2D eigenvalue weighted by atomic mass is 35.5. The maximum Gasteiger partial charge on any atom is 0.289 e. The molecule has 1 saturated heterocycles. The van der Waals surface area contributed by atoms with E-state index < -0.39 is 5.82 Å². The fourth-order valence-electron chi connectivity index (χ4n) is 3.35. The Morgan fingerprint density at radius 3 is 2.37 bits per heavy atom. The summed E-state index contributed by atoms with van der Waals surface area (Å²) in [7, 11) is 0. The summed E-state index contributed by atoms with van der Waals surface area (Å²) in [4.78, 5) is 28.5. The highest BCUT2D eigenvalue weighted by Crippen LogP contribution is 2.30. The molecule has 1 N–H and O–H groups in total. The highest BCUT2D eigenvalue weighted by molar-refractivity contribution is 6.33. The van der Waals surface area contributed by atoms with E-state index in [0.29, 0.717) is 48.2 Å². The molecule has 0 saturated carbocycles. The van der Waals surface area contributed by atoms with Gasteiger partial charge in [0.05, 0.1) is 17.0 Å². The summed E-state index contributed by atoms with van der Waals surface area (Å²) in [6.45, 7) is 2.37. The van der Waals surface area contributed by atoms with Gasteiger partial charge in [0.25, 0.3) is 11.8 Å². The molecule has 2 amide bonds. The number of halogens is 2. The molecule has 0 unspecified atom stereocenters. The van der Waals surface area contributed by atoms with Gasteiger partial charge in [-0.15, -0.1) is 0 Å². The summed E-state index contributed by atoms with van der Waals surface area (Å²) in [6.07, 6.45) is 1.49. The van der Waals surface area contributed by atoms with Gasteiger partial charge in [0.1, 0.15) is 5.82 Å². The maximum atomic E-state index is 13.0. The summed E-state index contributed by atoms with van der Waals surface area (Å²) in [5.74, 6) is -0.527. The molecule has 0 bridgehead atoms. The fraction of sp³-hybridized carbons (Fsp3) is 0.182. The van der Waals surface area contributed by atoms with Crippen molar-refractivity contribution in [1.82, 2.24) is 4.90 Å². The molecule has 0 radical (unpaired) electrons. The van der Waals surface area contributed by atoms with Gasteiger partial charge < -0.3 is 19.5 Å². The average molecular weight is 428 g/mol. The molecule has 1 aromatic heterocycles. The lowest BCUT2D eigenvalue weighted by Gasteiger charge is -2.36. The fourth-order valence-corrected chi connectivity index (χ4v) is 3.65. The molecule has 2 aromatic carbocycles.